The number of nitrogens with one attached hydrogen (secondary N) is 1. The van der Waals surface area contributed by atoms with Crippen LogP contribution >= 0.6 is 0 Å². The van der Waals surface area contributed by atoms with Crippen molar-refractivity contribution in [2.75, 3.05) is 14.2 Å². The minimum atomic E-state index is -0.188. The average Bonchev–Trinajstić information content (AvgIpc) is 3.49. The van der Waals surface area contributed by atoms with E-state index in [1.807, 2.05) is 18.2 Å². The molecule has 0 aliphatic carbocycles. The molecular formula is C25H22N6O4. The highest BCUT2D eigenvalue weighted by Crippen LogP contribution is 2.35. The number of H-pyrrole nitrogens is 1. The summed E-state index contributed by atoms with van der Waals surface area (Å²) in [5.74, 6) is 0.845. The minimum absolute atomic E-state index is 0.0725. The molecule has 2 N–H and O–H groups in total. The number of imidazole rings is 1. The quantitative estimate of drug-likeness (QED) is 0.381. The lowest BCUT2D eigenvalue weighted by atomic mass is 10.0. The van der Waals surface area contributed by atoms with Gasteiger partial charge in [-0.1, -0.05) is 16.4 Å². The maximum Gasteiger partial charge on any atom is 0.254 e. The van der Waals surface area contributed by atoms with E-state index in [9.17, 15) is 9.90 Å². The highest BCUT2D eigenvalue weighted by Gasteiger charge is 2.18. The van der Waals surface area contributed by atoms with Gasteiger partial charge in [0.05, 0.1) is 30.3 Å². The number of benzene rings is 2. The number of pyridine rings is 1. The molecule has 0 fully saturated rings. The molecule has 0 saturated heterocycles. The van der Waals surface area contributed by atoms with Crippen molar-refractivity contribution in [3.05, 3.63) is 71.7 Å². The molecule has 0 radical (unpaired) electrons. The predicted molar refractivity (Wildman–Crippen MR) is 128 cm³/mol. The van der Waals surface area contributed by atoms with Crippen LogP contribution < -0.4 is 4.74 Å². The molecule has 176 valence electrons. The third-order valence-corrected chi connectivity index (χ3v) is 5.74. The lowest BCUT2D eigenvalue weighted by Gasteiger charge is -2.15. The zero-order valence-corrected chi connectivity index (χ0v) is 19.3. The van der Waals surface area contributed by atoms with Crippen molar-refractivity contribution in [2.24, 2.45) is 0 Å². The van der Waals surface area contributed by atoms with Crippen LogP contribution in [0.4, 0.5) is 0 Å². The highest BCUT2D eigenvalue weighted by atomic mass is 16.6. The standard InChI is InChI=1S/C25H22N6O4/c1-14-21(30-35-29-14)13-31(2)25(33)16-6-8-19-20(12-16)28-23(27-19)18-11-15(7-9-22(18)32)17-5-4-10-26-24(17)34-3/h4-12,32H,13H2,1-3H3,(H,27,28). The molecule has 0 aliphatic heterocycles. The van der Waals surface area contributed by atoms with Crippen LogP contribution in [0.3, 0.4) is 0 Å². The monoisotopic (exact) mass is 470 g/mol. The molecule has 5 rings (SSSR count). The van der Waals surface area contributed by atoms with Crippen LogP contribution in [0.1, 0.15) is 21.7 Å². The van der Waals surface area contributed by atoms with Crippen LogP contribution in [0, 0.1) is 6.92 Å². The third kappa shape index (κ3) is 4.17. The summed E-state index contributed by atoms with van der Waals surface area (Å²) in [4.78, 5) is 26.6. The molecule has 0 spiro atoms. The molecule has 3 aromatic heterocycles. The number of carbonyl (C=O) groups excluding carboxylic acids is 1. The number of aryl methyl sites for hydroxylation is 1. The van der Waals surface area contributed by atoms with Crippen molar-refractivity contribution in [1.82, 2.24) is 30.2 Å². The maximum atomic E-state index is 13.0. The Labute approximate surface area is 200 Å². The molecule has 2 aromatic carbocycles. The Morgan fingerprint density at radius 1 is 1.14 bits per heavy atom. The number of amides is 1. The van der Waals surface area contributed by atoms with Crippen molar-refractivity contribution >= 4 is 16.9 Å². The first-order chi connectivity index (χ1) is 16.9. The number of aromatic hydroxyl groups is 1. The number of carbonyl (C=O) groups is 1. The fraction of sp³-hybridized carbons (Fsp3) is 0.160. The molecule has 5 aromatic rings. The SMILES string of the molecule is COc1ncccc1-c1ccc(O)c(-c2nc3cc(C(=O)N(C)Cc4nonc4C)ccc3[nH]2)c1. The fourth-order valence-electron chi connectivity index (χ4n) is 3.84. The van der Waals surface area contributed by atoms with Crippen LogP contribution in [0.15, 0.2) is 59.4 Å². The van der Waals surface area contributed by atoms with E-state index in [1.165, 1.54) is 4.90 Å². The van der Waals surface area contributed by atoms with E-state index < -0.39 is 0 Å². The van der Waals surface area contributed by atoms with Gasteiger partial charge in [-0.3, -0.25) is 4.79 Å². The Morgan fingerprint density at radius 2 is 2.00 bits per heavy atom. The Kier molecular flexibility index (Phi) is 5.61. The zero-order chi connectivity index (χ0) is 24.5. The predicted octanol–water partition coefficient (Wildman–Crippen LogP) is 3.97. The van der Waals surface area contributed by atoms with Crippen molar-refractivity contribution in [2.45, 2.75) is 13.5 Å². The molecule has 0 bridgehead atoms. The normalized spacial score (nSPS) is 11.1. The lowest BCUT2D eigenvalue weighted by Crippen LogP contribution is -2.26. The molecule has 10 heteroatoms. The molecule has 0 atom stereocenters. The molecule has 0 saturated carbocycles. The number of nitrogens with zero attached hydrogens (tertiary/aromatic N) is 5. The van der Waals surface area contributed by atoms with E-state index >= 15 is 0 Å². The minimum Gasteiger partial charge on any atom is -0.507 e. The van der Waals surface area contributed by atoms with Crippen LogP contribution in [0.2, 0.25) is 0 Å². The summed E-state index contributed by atoms with van der Waals surface area (Å²) in [6.07, 6.45) is 1.66. The molecule has 0 unspecified atom stereocenters. The Morgan fingerprint density at radius 3 is 2.77 bits per heavy atom. The number of hydrogen-bond acceptors (Lipinski definition) is 8. The number of aromatic nitrogens is 5. The summed E-state index contributed by atoms with van der Waals surface area (Å²) in [6, 6.07) is 14.2. The summed E-state index contributed by atoms with van der Waals surface area (Å²) in [5, 5.41) is 18.1. The molecule has 3 heterocycles. The van der Waals surface area contributed by atoms with Gasteiger partial charge in [-0.15, -0.1) is 0 Å². The van der Waals surface area contributed by atoms with E-state index in [0.29, 0.717) is 39.7 Å². The molecule has 0 aliphatic rings. The van der Waals surface area contributed by atoms with Crippen molar-refractivity contribution < 1.29 is 19.3 Å². The van der Waals surface area contributed by atoms with Crippen LogP contribution in [-0.2, 0) is 6.54 Å². The van der Waals surface area contributed by atoms with Crippen LogP contribution in [0.5, 0.6) is 11.6 Å². The van der Waals surface area contributed by atoms with Gasteiger partial charge in [-0.05, 0) is 55.0 Å². The summed E-state index contributed by atoms with van der Waals surface area (Å²) in [6.45, 7) is 2.05. The summed E-state index contributed by atoms with van der Waals surface area (Å²) in [5.41, 5.74) is 5.18. The average molecular weight is 470 g/mol. The highest BCUT2D eigenvalue weighted by molar-refractivity contribution is 5.97. The number of ether oxygens (including phenoxy) is 1. The van der Waals surface area contributed by atoms with Crippen molar-refractivity contribution in [1.29, 1.82) is 0 Å². The smallest absolute Gasteiger partial charge is 0.254 e. The molecule has 1 amide bonds. The summed E-state index contributed by atoms with van der Waals surface area (Å²) < 4.78 is 10.1. The van der Waals surface area contributed by atoms with Gasteiger partial charge >= 0.3 is 0 Å². The van der Waals surface area contributed by atoms with Crippen molar-refractivity contribution in [3.8, 4) is 34.1 Å². The van der Waals surface area contributed by atoms with Gasteiger partial charge in [0.2, 0.25) is 5.88 Å². The third-order valence-electron chi connectivity index (χ3n) is 5.74. The molecule has 35 heavy (non-hydrogen) atoms. The lowest BCUT2D eigenvalue weighted by molar-refractivity contribution is 0.0782. The molecule has 10 nitrogen and oxygen atoms in total. The van der Waals surface area contributed by atoms with Gasteiger partial charge in [-0.2, -0.15) is 0 Å². The van der Waals surface area contributed by atoms with Gasteiger partial charge in [0.15, 0.2) is 0 Å². The van der Waals surface area contributed by atoms with E-state index in [4.69, 9.17) is 9.37 Å². The first-order valence-corrected chi connectivity index (χ1v) is 10.8. The topological polar surface area (TPSA) is 130 Å². The van der Waals surface area contributed by atoms with Crippen LogP contribution in [-0.4, -0.2) is 55.3 Å². The summed E-state index contributed by atoms with van der Waals surface area (Å²) in [7, 11) is 3.25. The number of aromatic amines is 1. The zero-order valence-electron chi connectivity index (χ0n) is 19.3. The van der Waals surface area contributed by atoms with E-state index in [0.717, 1.165) is 16.6 Å². The van der Waals surface area contributed by atoms with Crippen LogP contribution in [0.25, 0.3) is 33.5 Å². The van der Waals surface area contributed by atoms with E-state index in [1.54, 1.807) is 57.6 Å². The Bertz CT molecular complexity index is 1540. The number of phenolic OH excluding ortho intramolecular Hbond substituents is 1. The number of fused-ring (bicyclic) bond motifs is 1. The number of phenols is 1. The largest absolute Gasteiger partial charge is 0.507 e. The Hall–Kier alpha value is -4.73. The fourth-order valence-corrected chi connectivity index (χ4v) is 3.84. The van der Waals surface area contributed by atoms with E-state index in [-0.39, 0.29) is 18.2 Å². The second-order valence-electron chi connectivity index (χ2n) is 8.07. The first kappa shape index (κ1) is 22.1. The second kappa shape index (κ2) is 8.90. The van der Waals surface area contributed by atoms with Gasteiger partial charge in [0.1, 0.15) is 23.0 Å². The number of methoxy groups -OCH3 is 1. The molecular weight excluding hydrogens is 448 g/mol. The van der Waals surface area contributed by atoms with E-state index in [2.05, 4.69) is 25.3 Å². The van der Waals surface area contributed by atoms with Gasteiger partial charge in [-0.25, -0.2) is 14.6 Å². The first-order valence-electron chi connectivity index (χ1n) is 10.8. The Balaban J connectivity index is 1.47. The van der Waals surface area contributed by atoms with Gasteiger partial charge in [0, 0.05) is 24.4 Å². The van der Waals surface area contributed by atoms with Crippen molar-refractivity contribution in [3.63, 3.8) is 0 Å². The number of hydrogen-bond donors (Lipinski definition) is 2. The maximum absolute atomic E-state index is 13.0. The summed E-state index contributed by atoms with van der Waals surface area (Å²) >= 11 is 0. The van der Waals surface area contributed by atoms with Gasteiger partial charge in [0.25, 0.3) is 5.91 Å². The second-order valence-corrected chi connectivity index (χ2v) is 8.07. The number of rotatable bonds is 6. The van der Waals surface area contributed by atoms with Gasteiger partial charge < -0.3 is 19.7 Å².